The summed E-state index contributed by atoms with van der Waals surface area (Å²) in [5.74, 6) is 2.20. The maximum Gasteiger partial charge on any atom is 0.0327 e. The molecule has 17 heavy (non-hydrogen) atoms. The average molecular weight is 231 g/mol. The second-order valence-electron chi connectivity index (χ2n) is 5.68. The van der Waals surface area contributed by atoms with E-state index in [0.29, 0.717) is 5.92 Å². The van der Waals surface area contributed by atoms with E-state index < -0.39 is 0 Å². The van der Waals surface area contributed by atoms with Crippen LogP contribution in [0.2, 0.25) is 0 Å². The van der Waals surface area contributed by atoms with Crippen molar-refractivity contribution in [2.24, 2.45) is 17.8 Å². The molecule has 1 N–H and O–H groups in total. The Hall–Kier alpha value is -0.980. The van der Waals surface area contributed by atoms with E-state index in [1.165, 1.54) is 31.4 Å². The third-order valence-electron chi connectivity index (χ3n) is 4.00. The minimum absolute atomic E-state index is 0.701. The highest BCUT2D eigenvalue weighted by atomic mass is 14.9. The molecule has 2 rings (SSSR count). The van der Waals surface area contributed by atoms with Gasteiger partial charge in [-0.05, 0) is 50.4 Å². The highest BCUT2D eigenvalue weighted by Gasteiger charge is 2.23. The van der Waals surface area contributed by atoms with Crippen molar-refractivity contribution in [1.29, 1.82) is 0 Å². The summed E-state index contributed by atoms with van der Waals surface area (Å²) in [4.78, 5) is 0. The van der Waals surface area contributed by atoms with Gasteiger partial charge in [0.1, 0.15) is 0 Å². The van der Waals surface area contributed by atoms with E-state index in [-0.39, 0.29) is 0 Å². The molecule has 0 aromatic heterocycles. The standard InChI is InChI=1S/C16H25N/c1-12-6-7-15(13(2)11-12)5-4-10-17-14(3)16-8-9-16/h4-5,11,13,15-17H,3,6-10H2,1-2H3/b5-4-. The van der Waals surface area contributed by atoms with Gasteiger partial charge in [0.05, 0.1) is 0 Å². The van der Waals surface area contributed by atoms with Crippen LogP contribution in [0.5, 0.6) is 0 Å². The quantitative estimate of drug-likeness (QED) is 0.704. The Bertz CT molecular complexity index is 333. The fraction of sp³-hybridized carbons (Fsp3) is 0.625. The van der Waals surface area contributed by atoms with Gasteiger partial charge in [0.25, 0.3) is 0 Å². The molecule has 94 valence electrons. The molecule has 1 saturated carbocycles. The molecular weight excluding hydrogens is 206 g/mol. The van der Waals surface area contributed by atoms with Crippen LogP contribution in [-0.2, 0) is 0 Å². The van der Waals surface area contributed by atoms with Crippen LogP contribution in [0.25, 0.3) is 0 Å². The molecule has 2 aliphatic rings. The molecule has 1 fully saturated rings. The summed E-state index contributed by atoms with van der Waals surface area (Å²) in [5, 5.41) is 3.41. The van der Waals surface area contributed by atoms with Crippen molar-refractivity contribution in [3.63, 3.8) is 0 Å². The van der Waals surface area contributed by atoms with Gasteiger partial charge in [-0.15, -0.1) is 0 Å². The molecule has 0 saturated heterocycles. The Labute approximate surface area is 106 Å². The smallest absolute Gasteiger partial charge is 0.0327 e. The van der Waals surface area contributed by atoms with Crippen molar-refractivity contribution in [3.05, 3.63) is 36.1 Å². The SMILES string of the molecule is C=C(NC/C=C\C1CCC(C)=CC1C)C1CC1. The second-order valence-corrected chi connectivity index (χ2v) is 5.68. The van der Waals surface area contributed by atoms with Crippen molar-refractivity contribution >= 4 is 0 Å². The number of nitrogens with one attached hydrogen (secondary N) is 1. The van der Waals surface area contributed by atoms with Gasteiger partial charge in [0.2, 0.25) is 0 Å². The first-order chi connectivity index (χ1) is 8.16. The van der Waals surface area contributed by atoms with Crippen molar-refractivity contribution in [3.8, 4) is 0 Å². The molecule has 2 atom stereocenters. The van der Waals surface area contributed by atoms with E-state index in [1.807, 2.05) is 0 Å². The lowest BCUT2D eigenvalue weighted by Gasteiger charge is -2.24. The molecule has 0 bridgehead atoms. The normalized spacial score (nSPS) is 29.2. The first-order valence-electron chi connectivity index (χ1n) is 6.93. The summed E-state index contributed by atoms with van der Waals surface area (Å²) < 4.78 is 0. The number of rotatable bonds is 5. The lowest BCUT2D eigenvalue weighted by Crippen LogP contribution is -2.15. The zero-order valence-electron chi connectivity index (χ0n) is 11.2. The summed E-state index contributed by atoms with van der Waals surface area (Å²) in [6, 6.07) is 0. The van der Waals surface area contributed by atoms with Gasteiger partial charge in [-0.1, -0.05) is 37.3 Å². The summed E-state index contributed by atoms with van der Waals surface area (Å²) in [7, 11) is 0. The van der Waals surface area contributed by atoms with E-state index in [0.717, 1.165) is 18.4 Å². The van der Waals surface area contributed by atoms with Crippen molar-refractivity contribution < 1.29 is 0 Å². The molecule has 2 aliphatic carbocycles. The lowest BCUT2D eigenvalue weighted by molar-refractivity contribution is 0.448. The van der Waals surface area contributed by atoms with Gasteiger partial charge in [0.15, 0.2) is 0 Å². The molecule has 1 heteroatoms. The highest BCUT2D eigenvalue weighted by Crippen LogP contribution is 2.34. The predicted molar refractivity (Wildman–Crippen MR) is 74.7 cm³/mol. The largest absolute Gasteiger partial charge is 0.385 e. The molecule has 0 amide bonds. The van der Waals surface area contributed by atoms with Gasteiger partial charge in [-0.2, -0.15) is 0 Å². The third kappa shape index (κ3) is 3.76. The van der Waals surface area contributed by atoms with Crippen molar-refractivity contribution in [1.82, 2.24) is 5.32 Å². The van der Waals surface area contributed by atoms with E-state index in [4.69, 9.17) is 0 Å². The molecule has 0 radical (unpaired) electrons. The lowest BCUT2D eigenvalue weighted by atomic mass is 9.82. The Balaban J connectivity index is 1.71. The molecule has 0 aliphatic heterocycles. The van der Waals surface area contributed by atoms with Crippen LogP contribution < -0.4 is 5.32 Å². The minimum atomic E-state index is 0.701. The number of hydrogen-bond acceptors (Lipinski definition) is 1. The molecule has 1 nitrogen and oxygen atoms in total. The monoisotopic (exact) mass is 231 g/mol. The van der Waals surface area contributed by atoms with E-state index in [2.05, 4.69) is 44.0 Å². The minimum Gasteiger partial charge on any atom is -0.385 e. The molecule has 0 aromatic carbocycles. The Morgan fingerprint density at radius 3 is 2.88 bits per heavy atom. The second kappa shape index (κ2) is 5.57. The highest BCUT2D eigenvalue weighted by molar-refractivity contribution is 5.11. The summed E-state index contributed by atoms with van der Waals surface area (Å²) in [6.45, 7) is 9.59. The summed E-state index contributed by atoms with van der Waals surface area (Å²) in [6.07, 6.45) is 12.3. The molecule has 0 aromatic rings. The molecular formula is C16H25N. The van der Waals surface area contributed by atoms with Crippen LogP contribution in [0.1, 0.15) is 39.5 Å². The Kier molecular flexibility index (Phi) is 4.09. The van der Waals surface area contributed by atoms with Crippen LogP contribution in [0.15, 0.2) is 36.1 Å². The van der Waals surface area contributed by atoms with Gasteiger partial charge in [-0.25, -0.2) is 0 Å². The van der Waals surface area contributed by atoms with Gasteiger partial charge in [-0.3, -0.25) is 0 Å². The number of allylic oxidation sites excluding steroid dienone is 4. The molecule has 0 heterocycles. The Morgan fingerprint density at radius 2 is 2.24 bits per heavy atom. The zero-order chi connectivity index (χ0) is 12.3. The fourth-order valence-electron chi connectivity index (χ4n) is 2.59. The number of hydrogen-bond donors (Lipinski definition) is 1. The average Bonchev–Trinajstić information content (AvgIpc) is 3.10. The van der Waals surface area contributed by atoms with Crippen LogP contribution in [-0.4, -0.2) is 6.54 Å². The van der Waals surface area contributed by atoms with Crippen molar-refractivity contribution in [2.45, 2.75) is 39.5 Å². The van der Waals surface area contributed by atoms with Crippen molar-refractivity contribution in [2.75, 3.05) is 6.54 Å². The van der Waals surface area contributed by atoms with Crippen LogP contribution >= 0.6 is 0 Å². The van der Waals surface area contributed by atoms with E-state index >= 15 is 0 Å². The van der Waals surface area contributed by atoms with Crippen LogP contribution in [0, 0.1) is 17.8 Å². The van der Waals surface area contributed by atoms with Gasteiger partial charge in [0, 0.05) is 12.2 Å². The first kappa shape index (κ1) is 12.5. The van der Waals surface area contributed by atoms with E-state index in [9.17, 15) is 0 Å². The first-order valence-corrected chi connectivity index (χ1v) is 6.93. The predicted octanol–water partition coefficient (Wildman–Crippen LogP) is 4.05. The van der Waals surface area contributed by atoms with Crippen LogP contribution in [0.4, 0.5) is 0 Å². The van der Waals surface area contributed by atoms with Gasteiger partial charge >= 0.3 is 0 Å². The third-order valence-corrected chi connectivity index (χ3v) is 4.00. The fourth-order valence-corrected chi connectivity index (χ4v) is 2.59. The maximum absolute atomic E-state index is 4.07. The topological polar surface area (TPSA) is 12.0 Å². The van der Waals surface area contributed by atoms with E-state index in [1.54, 1.807) is 5.57 Å². The summed E-state index contributed by atoms with van der Waals surface area (Å²) in [5.41, 5.74) is 2.80. The van der Waals surface area contributed by atoms with Gasteiger partial charge < -0.3 is 5.32 Å². The molecule has 0 spiro atoms. The molecule has 2 unspecified atom stereocenters. The maximum atomic E-state index is 4.07. The zero-order valence-corrected chi connectivity index (χ0v) is 11.2. The van der Waals surface area contributed by atoms with Crippen LogP contribution in [0.3, 0.4) is 0 Å². The summed E-state index contributed by atoms with van der Waals surface area (Å²) >= 11 is 0. The Morgan fingerprint density at radius 1 is 1.47 bits per heavy atom.